The van der Waals surface area contributed by atoms with E-state index in [4.69, 9.17) is 4.74 Å². The average molecular weight is 346 g/mol. The van der Waals surface area contributed by atoms with Crippen molar-refractivity contribution in [2.24, 2.45) is 0 Å². The number of aromatic amines is 1. The minimum atomic E-state index is -0.236. The maximum Gasteiger partial charge on any atom is 0.265 e. The molecule has 0 aliphatic rings. The zero-order valence-corrected chi connectivity index (χ0v) is 12.8. The molecule has 0 saturated heterocycles. The van der Waals surface area contributed by atoms with Crippen LogP contribution in [0.15, 0.2) is 45.9 Å². The number of aromatic nitrogens is 3. The lowest BCUT2D eigenvalue weighted by atomic mass is 10.1. The molecule has 106 valence electrons. The van der Waals surface area contributed by atoms with Crippen LogP contribution in [0.1, 0.15) is 5.69 Å². The molecule has 0 spiro atoms. The Hall–Kier alpha value is -2.05. The van der Waals surface area contributed by atoms with Crippen LogP contribution in [0.3, 0.4) is 0 Å². The summed E-state index contributed by atoms with van der Waals surface area (Å²) in [6, 6.07) is 7.84. The zero-order valence-electron chi connectivity index (χ0n) is 11.3. The highest BCUT2D eigenvalue weighted by Gasteiger charge is 2.12. The average Bonchev–Trinajstić information content (AvgIpc) is 2.51. The van der Waals surface area contributed by atoms with Gasteiger partial charge in [-0.25, -0.2) is 4.98 Å². The Morgan fingerprint density at radius 1 is 1.29 bits per heavy atom. The topological polar surface area (TPSA) is 67.9 Å². The van der Waals surface area contributed by atoms with Gasteiger partial charge in [0.15, 0.2) is 0 Å². The van der Waals surface area contributed by atoms with Gasteiger partial charge in [-0.15, -0.1) is 0 Å². The summed E-state index contributed by atoms with van der Waals surface area (Å²) >= 11 is 3.24. The number of nitrogens with zero attached hydrogens (tertiary/aromatic N) is 2. The molecule has 0 fully saturated rings. The van der Waals surface area contributed by atoms with E-state index in [1.807, 2.05) is 24.3 Å². The van der Waals surface area contributed by atoms with E-state index in [0.717, 1.165) is 16.3 Å². The number of hydrogen-bond acceptors (Lipinski definition) is 4. The van der Waals surface area contributed by atoms with E-state index in [0.29, 0.717) is 16.0 Å². The summed E-state index contributed by atoms with van der Waals surface area (Å²) in [6.07, 6.45) is 3.48. The summed E-state index contributed by atoms with van der Waals surface area (Å²) in [5.74, 6) is 0.486. The molecule has 5 nitrogen and oxygen atoms in total. The van der Waals surface area contributed by atoms with Crippen molar-refractivity contribution in [3.63, 3.8) is 0 Å². The highest BCUT2D eigenvalue weighted by atomic mass is 79.9. The minimum absolute atomic E-state index is 0.236. The van der Waals surface area contributed by atoms with Crippen LogP contribution in [0, 0.1) is 0 Å². The second-order valence-corrected chi connectivity index (χ2v) is 5.31. The van der Waals surface area contributed by atoms with Crippen LogP contribution in [0.5, 0.6) is 0 Å². The summed E-state index contributed by atoms with van der Waals surface area (Å²) in [7, 11) is 1.56. The molecule has 0 radical (unpaired) electrons. The van der Waals surface area contributed by atoms with E-state index >= 15 is 0 Å². The van der Waals surface area contributed by atoms with Gasteiger partial charge in [-0.3, -0.25) is 9.78 Å². The summed E-state index contributed by atoms with van der Waals surface area (Å²) < 4.78 is 5.47. The number of methoxy groups -OCH3 is 1. The molecular weight excluding hydrogens is 334 g/mol. The predicted molar refractivity (Wildman–Crippen MR) is 84.0 cm³/mol. The fraction of sp³-hybridized carbons (Fsp3) is 0.133. The summed E-state index contributed by atoms with van der Waals surface area (Å²) in [4.78, 5) is 23.5. The number of halogens is 1. The highest BCUT2D eigenvalue weighted by Crippen LogP contribution is 2.25. The van der Waals surface area contributed by atoms with Crippen LogP contribution in [0.25, 0.3) is 22.2 Å². The Kier molecular flexibility index (Phi) is 3.81. The van der Waals surface area contributed by atoms with E-state index in [-0.39, 0.29) is 12.2 Å². The van der Waals surface area contributed by atoms with Crippen LogP contribution >= 0.6 is 15.9 Å². The third-order valence-corrected chi connectivity index (χ3v) is 3.95. The fourth-order valence-corrected chi connectivity index (χ4v) is 2.47. The number of ether oxygens (including phenoxy) is 1. The maximum absolute atomic E-state index is 12.0. The Labute approximate surface area is 129 Å². The van der Waals surface area contributed by atoms with Gasteiger partial charge in [0.25, 0.3) is 5.56 Å². The number of benzene rings is 1. The number of pyridine rings is 1. The number of rotatable bonds is 3. The van der Waals surface area contributed by atoms with Crippen molar-refractivity contribution in [3.05, 3.63) is 57.2 Å². The smallest absolute Gasteiger partial charge is 0.265 e. The highest BCUT2D eigenvalue weighted by molar-refractivity contribution is 9.10. The molecule has 3 aromatic rings. The molecule has 0 unspecified atom stereocenters. The van der Waals surface area contributed by atoms with E-state index in [1.165, 1.54) is 0 Å². The van der Waals surface area contributed by atoms with Crippen LogP contribution in [0.4, 0.5) is 0 Å². The lowest BCUT2D eigenvalue weighted by molar-refractivity contribution is 0.180. The second kappa shape index (κ2) is 5.75. The van der Waals surface area contributed by atoms with Crippen molar-refractivity contribution in [1.29, 1.82) is 0 Å². The van der Waals surface area contributed by atoms with Crippen molar-refractivity contribution >= 4 is 26.7 Å². The van der Waals surface area contributed by atoms with Gasteiger partial charge in [0.2, 0.25) is 0 Å². The van der Waals surface area contributed by atoms with Crippen LogP contribution < -0.4 is 5.56 Å². The predicted octanol–water partition coefficient (Wildman–Crippen LogP) is 2.89. The van der Waals surface area contributed by atoms with Gasteiger partial charge in [0.1, 0.15) is 10.3 Å². The summed E-state index contributed by atoms with van der Waals surface area (Å²) in [5, 5.41) is 1.98. The standard InChI is InChI=1S/C15H12BrN3O2/c1-21-8-12-13(16)15(20)19-14(18-12)11-7-17-6-9-4-2-3-5-10(9)11/h2-7H,8H2,1H3,(H,18,19,20). The SMILES string of the molecule is COCc1nc(-c2cncc3ccccc23)[nH]c(=O)c1Br. The first kappa shape index (κ1) is 13.9. The normalized spacial score (nSPS) is 11.0. The summed E-state index contributed by atoms with van der Waals surface area (Å²) in [6.45, 7) is 0.260. The first-order valence-electron chi connectivity index (χ1n) is 6.31. The fourth-order valence-electron chi connectivity index (χ4n) is 2.17. The molecular formula is C15H12BrN3O2. The van der Waals surface area contributed by atoms with Gasteiger partial charge in [-0.2, -0.15) is 0 Å². The molecule has 6 heteroatoms. The van der Waals surface area contributed by atoms with Crippen LogP contribution in [-0.4, -0.2) is 22.1 Å². The molecule has 0 aliphatic carbocycles. The van der Waals surface area contributed by atoms with E-state index in [2.05, 4.69) is 30.9 Å². The largest absolute Gasteiger partial charge is 0.378 e. The molecule has 1 aromatic carbocycles. The Morgan fingerprint density at radius 2 is 2.10 bits per heavy atom. The van der Waals surface area contributed by atoms with E-state index in [1.54, 1.807) is 19.5 Å². The summed E-state index contributed by atoms with van der Waals surface area (Å²) in [5.41, 5.74) is 1.11. The van der Waals surface area contributed by atoms with Crippen LogP contribution in [0.2, 0.25) is 0 Å². The molecule has 0 bridgehead atoms. The second-order valence-electron chi connectivity index (χ2n) is 4.52. The first-order chi connectivity index (χ1) is 10.2. The van der Waals surface area contributed by atoms with E-state index in [9.17, 15) is 4.79 Å². The first-order valence-corrected chi connectivity index (χ1v) is 7.10. The minimum Gasteiger partial charge on any atom is -0.378 e. The Balaban J connectivity index is 2.26. The van der Waals surface area contributed by atoms with E-state index < -0.39 is 0 Å². The molecule has 0 amide bonds. The number of hydrogen-bond donors (Lipinski definition) is 1. The third-order valence-electron chi connectivity index (χ3n) is 3.14. The molecule has 2 heterocycles. The van der Waals surface area contributed by atoms with Gasteiger partial charge in [-0.1, -0.05) is 24.3 Å². The maximum atomic E-state index is 12.0. The Morgan fingerprint density at radius 3 is 2.90 bits per heavy atom. The van der Waals surface area contributed by atoms with Gasteiger partial charge in [0.05, 0.1) is 12.3 Å². The number of H-pyrrole nitrogens is 1. The quantitative estimate of drug-likeness (QED) is 0.792. The van der Waals surface area contributed by atoms with Gasteiger partial charge in [-0.05, 0) is 21.3 Å². The Bertz CT molecular complexity index is 856. The molecule has 0 saturated carbocycles. The lowest BCUT2D eigenvalue weighted by Crippen LogP contribution is -2.14. The third kappa shape index (κ3) is 2.59. The monoisotopic (exact) mass is 345 g/mol. The molecule has 1 N–H and O–H groups in total. The van der Waals surface area contributed by atoms with Gasteiger partial charge >= 0.3 is 0 Å². The molecule has 3 rings (SSSR count). The number of fused-ring (bicyclic) bond motifs is 1. The van der Waals surface area contributed by atoms with Gasteiger partial charge < -0.3 is 9.72 Å². The lowest BCUT2D eigenvalue weighted by Gasteiger charge is -2.08. The van der Waals surface area contributed by atoms with Crippen molar-refractivity contribution in [1.82, 2.24) is 15.0 Å². The zero-order chi connectivity index (χ0) is 14.8. The molecule has 21 heavy (non-hydrogen) atoms. The van der Waals surface area contributed by atoms with Crippen LogP contribution in [-0.2, 0) is 11.3 Å². The van der Waals surface area contributed by atoms with Crippen molar-refractivity contribution in [2.75, 3.05) is 7.11 Å². The van der Waals surface area contributed by atoms with Gasteiger partial charge in [0, 0.05) is 30.5 Å². The molecule has 0 atom stereocenters. The van der Waals surface area contributed by atoms with Crippen molar-refractivity contribution < 1.29 is 4.74 Å². The van der Waals surface area contributed by atoms with Crippen molar-refractivity contribution in [3.8, 4) is 11.4 Å². The molecule has 2 aromatic heterocycles. The number of nitrogens with one attached hydrogen (secondary N) is 1. The van der Waals surface area contributed by atoms with Crippen molar-refractivity contribution in [2.45, 2.75) is 6.61 Å². The molecule has 0 aliphatic heterocycles.